The summed E-state index contributed by atoms with van der Waals surface area (Å²) in [5, 5.41) is 5.11. The van der Waals surface area contributed by atoms with E-state index in [1.807, 2.05) is 17.5 Å². The van der Waals surface area contributed by atoms with E-state index in [-0.39, 0.29) is 10.8 Å². The van der Waals surface area contributed by atoms with Crippen LogP contribution < -0.4 is 14.8 Å². The molecule has 2 heterocycles. The molecular formula is C19H17N3O4S2. The van der Waals surface area contributed by atoms with Crippen LogP contribution in [0.3, 0.4) is 0 Å². The van der Waals surface area contributed by atoms with Gasteiger partial charge in [0.05, 0.1) is 17.2 Å². The number of ether oxygens (including phenoxy) is 1. The zero-order valence-corrected chi connectivity index (χ0v) is 16.6. The predicted octanol–water partition coefficient (Wildman–Crippen LogP) is 2.91. The highest BCUT2D eigenvalue weighted by molar-refractivity contribution is 7.89. The van der Waals surface area contributed by atoms with Gasteiger partial charge in [-0.3, -0.25) is 10.1 Å². The van der Waals surface area contributed by atoms with Gasteiger partial charge in [0.2, 0.25) is 10.0 Å². The number of thiazole rings is 1. The summed E-state index contributed by atoms with van der Waals surface area (Å²) in [5.74, 6) is 0.563. The van der Waals surface area contributed by atoms with Crippen molar-refractivity contribution in [3.05, 3.63) is 59.0 Å². The lowest BCUT2D eigenvalue weighted by molar-refractivity contribution is 0.102. The maximum absolute atomic E-state index is 12.4. The Balaban J connectivity index is 1.49. The summed E-state index contributed by atoms with van der Waals surface area (Å²) in [6.07, 6.45) is 0.885. The van der Waals surface area contributed by atoms with Crippen LogP contribution in [-0.2, 0) is 16.4 Å². The summed E-state index contributed by atoms with van der Waals surface area (Å²) in [6.45, 7) is 0.700. The molecule has 0 fully saturated rings. The van der Waals surface area contributed by atoms with Gasteiger partial charge in [-0.1, -0.05) is 0 Å². The van der Waals surface area contributed by atoms with Gasteiger partial charge in [-0.25, -0.2) is 18.1 Å². The summed E-state index contributed by atoms with van der Waals surface area (Å²) in [4.78, 5) is 17.0. The van der Waals surface area contributed by atoms with Crippen molar-refractivity contribution in [2.45, 2.75) is 11.3 Å². The molecule has 1 aliphatic heterocycles. The normalized spacial score (nSPS) is 13.0. The minimum atomic E-state index is -3.53. The van der Waals surface area contributed by atoms with Gasteiger partial charge in [0, 0.05) is 22.9 Å². The topological polar surface area (TPSA) is 97.4 Å². The molecule has 0 aliphatic carbocycles. The summed E-state index contributed by atoms with van der Waals surface area (Å²) in [7, 11) is -2.19. The van der Waals surface area contributed by atoms with Crippen LogP contribution in [0.2, 0.25) is 0 Å². The number of aromatic nitrogens is 1. The minimum Gasteiger partial charge on any atom is -0.493 e. The first-order chi connectivity index (χ1) is 13.5. The molecule has 2 aromatic carbocycles. The first kappa shape index (κ1) is 18.6. The van der Waals surface area contributed by atoms with Crippen molar-refractivity contribution in [2.75, 3.05) is 19.0 Å². The first-order valence-electron chi connectivity index (χ1n) is 8.53. The van der Waals surface area contributed by atoms with Crippen LogP contribution in [0.4, 0.5) is 5.13 Å². The molecule has 144 valence electrons. The molecule has 3 aromatic rings. The van der Waals surface area contributed by atoms with Crippen LogP contribution in [0.25, 0.3) is 11.3 Å². The van der Waals surface area contributed by atoms with Gasteiger partial charge in [-0.05, 0) is 55.1 Å². The van der Waals surface area contributed by atoms with Gasteiger partial charge in [0.25, 0.3) is 5.91 Å². The minimum absolute atomic E-state index is 0.101. The Morgan fingerprint density at radius 3 is 2.71 bits per heavy atom. The summed E-state index contributed by atoms with van der Waals surface area (Å²) in [6, 6.07) is 11.7. The van der Waals surface area contributed by atoms with E-state index in [0.29, 0.717) is 17.3 Å². The second kappa shape index (κ2) is 7.34. The van der Waals surface area contributed by atoms with E-state index < -0.39 is 10.0 Å². The molecule has 0 radical (unpaired) electrons. The molecule has 0 bridgehead atoms. The van der Waals surface area contributed by atoms with Gasteiger partial charge >= 0.3 is 0 Å². The van der Waals surface area contributed by atoms with Crippen molar-refractivity contribution < 1.29 is 17.9 Å². The zero-order chi connectivity index (χ0) is 19.7. The Kier molecular flexibility index (Phi) is 4.88. The Hall–Kier alpha value is -2.75. The fourth-order valence-electron chi connectivity index (χ4n) is 2.88. The number of hydrogen-bond acceptors (Lipinski definition) is 6. The SMILES string of the molecule is CNS(=O)(=O)c1ccc(C(=O)Nc2nc(-c3ccc4c(c3)CCO4)cs2)cc1. The average molecular weight is 415 g/mol. The molecule has 0 unspecified atom stereocenters. The van der Waals surface area contributed by atoms with Gasteiger partial charge in [-0.15, -0.1) is 11.3 Å². The van der Waals surface area contributed by atoms with E-state index in [1.54, 1.807) is 0 Å². The third-order valence-corrected chi connectivity index (χ3v) is 6.59. The molecule has 9 heteroatoms. The number of carbonyl (C=O) groups excluding carboxylic acids is 1. The number of fused-ring (bicyclic) bond motifs is 1. The Morgan fingerprint density at radius 1 is 1.18 bits per heavy atom. The highest BCUT2D eigenvalue weighted by Crippen LogP contribution is 2.32. The lowest BCUT2D eigenvalue weighted by Crippen LogP contribution is -2.19. The molecule has 0 spiro atoms. The van der Waals surface area contributed by atoms with Gasteiger partial charge in [0.15, 0.2) is 5.13 Å². The molecule has 0 atom stereocenters. The Bertz CT molecular complexity index is 1140. The zero-order valence-electron chi connectivity index (χ0n) is 14.9. The Morgan fingerprint density at radius 2 is 1.96 bits per heavy atom. The van der Waals surface area contributed by atoms with Crippen molar-refractivity contribution >= 4 is 32.4 Å². The number of rotatable bonds is 5. The van der Waals surface area contributed by atoms with Crippen LogP contribution in [0, 0.1) is 0 Å². The maximum atomic E-state index is 12.4. The molecule has 4 rings (SSSR count). The standard InChI is InChI=1S/C19H17N3O4S2/c1-20-28(24,25)15-5-2-12(3-6-15)18(23)22-19-21-16(11-27-19)13-4-7-17-14(10-13)8-9-26-17/h2-7,10-11,20H,8-9H2,1H3,(H,21,22,23). The van der Waals surface area contributed by atoms with Crippen LogP contribution >= 0.6 is 11.3 Å². The van der Waals surface area contributed by atoms with Crippen molar-refractivity contribution in [1.29, 1.82) is 0 Å². The van der Waals surface area contributed by atoms with Crippen LogP contribution in [0.1, 0.15) is 15.9 Å². The van der Waals surface area contributed by atoms with Crippen molar-refractivity contribution in [3.8, 4) is 17.0 Å². The third-order valence-electron chi connectivity index (χ3n) is 4.41. The molecule has 2 N–H and O–H groups in total. The van der Waals surface area contributed by atoms with Gasteiger partial charge < -0.3 is 4.74 Å². The number of sulfonamides is 1. The van der Waals surface area contributed by atoms with Crippen molar-refractivity contribution in [1.82, 2.24) is 9.71 Å². The molecule has 0 saturated heterocycles. The highest BCUT2D eigenvalue weighted by Gasteiger charge is 2.16. The molecule has 1 amide bonds. The summed E-state index contributed by atoms with van der Waals surface area (Å²) in [5.41, 5.74) is 3.27. The van der Waals surface area contributed by atoms with Crippen LogP contribution in [0.5, 0.6) is 5.75 Å². The maximum Gasteiger partial charge on any atom is 0.257 e. The van der Waals surface area contributed by atoms with E-state index >= 15 is 0 Å². The molecular weight excluding hydrogens is 398 g/mol. The fourth-order valence-corrected chi connectivity index (χ4v) is 4.33. The van der Waals surface area contributed by atoms with Crippen molar-refractivity contribution in [2.24, 2.45) is 0 Å². The largest absolute Gasteiger partial charge is 0.493 e. The molecule has 7 nitrogen and oxygen atoms in total. The third kappa shape index (κ3) is 3.64. The van der Waals surface area contributed by atoms with Crippen LogP contribution in [0.15, 0.2) is 52.7 Å². The van der Waals surface area contributed by atoms with E-state index in [4.69, 9.17) is 4.74 Å². The number of nitrogens with one attached hydrogen (secondary N) is 2. The number of anilines is 1. The Labute approximate surface area is 166 Å². The summed E-state index contributed by atoms with van der Waals surface area (Å²) >= 11 is 1.33. The molecule has 0 saturated carbocycles. The smallest absolute Gasteiger partial charge is 0.257 e. The highest BCUT2D eigenvalue weighted by atomic mass is 32.2. The van der Waals surface area contributed by atoms with Crippen LogP contribution in [-0.4, -0.2) is 33.0 Å². The number of nitrogens with zero attached hydrogens (tertiary/aromatic N) is 1. The molecule has 28 heavy (non-hydrogen) atoms. The van der Waals surface area contributed by atoms with E-state index in [9.17, 15) is 13.2 Å². The lowest BCUT2D eigenvalue weighted by atomic mass is 10.1. The number of benzene rings is 2. The van der Waals surface area contributed by atoms with E-state index in [2.05, 4.69) is 21.1 Å². The van der Waals surface area contributed by atoms with Gasteiger partial charge in [0.1, 0.15) is 5.75 Å². The number of hydrogen-bond donors (Lipinski definition) is 2. The monoisotopic (exact) mass is 415 g/mol. The lowest BCUT2D eigenvalue weighted by Gasteiger charge is -2.05. The molecule has 1 aromatic heterocycles. The average Bonchev–Trinajstić information content (AvgIpc) is 3.36. The predicted molar refractivity (Wildman–Crippen MR) is 107 cm³/mol. The second-order valence-electron chi connectivity index (χ2n) is 6.14. The second-order valence-corrected chi connectivity index (χ2v) is 8.89. The first-order valence-corrected chi connectivity index (χ1v) is 10.9. The number of amides is 1. The summed E-state index contributed by atoms with van der Waals surface area (Å²) < 4.78 is 31.3. The van der Waals surface area contributed by atoms with E-state index in [0.717, 1.165) is 29.0 Å². The van der Waals surface area contributed by atoms with E-state index in [1.165, 1.54) is 42.6 Å². The fraction of sp³-hybridized carbons (Fsp3) is 0.158. The van der Waals surface area contributed by atoms with Crippen molar-refractivity contribution in [3.63, 3.8) is 0 Å². The van der Waals surface area contributed by atoms with Gasteiger partial charge in [-0.2, -0.15) is 0 Å². The molecule has 1 aliphatic rings. The quantitative estimate of drug-likeness (QED) is 0.668. The number of carbonyl (C=O) groups is 1.